The van der Waals surface area contributed by atoms with Gasteiger partial charge in [0, 0.05) is 25.6 Å². The maximum absolute atomic E-state index is 12.5. The fraction of sp³-hybridized carbons (Fsp3) is 0.391. The van der Waals surface area contributed by atoms with Gasteiger partial charge in [-0.05, 0) is 43.5 Å². The van der Waals surface area contributed by atoms with Gasteiger partial charge in [-0.25, -0.2) is 0 Å². The third kappa shape index (κ3) is 5.84. The van der Waals surface area contributed by atoms with Crippen molar-refractivity contribution in [1.82, 2.24) is 0 Å². The number of hydrogen-bond donors (Lipinski definition) is 1. The van der Waals surface area contributed by atoms with Crippen molar-refractivity contribution in [3.8, 4) is 5.75 Å². The van der Waals surface area contributed by atoms with E-state index in [-0.39, 0.29) is 30.9 Å². The maximum Gasteiger partial charge on any atom is 0.226 e. The van der Waals surface area contributed by atoms with Crippen molar-refractivity contribution in [3.05, 3.63) is 54.1 Å². The lowest BCUT2D eigenvalue weighted by Crippen LogP contribution is -2.32. The second-order valence-corrected chi connectivity index (χ2v) is 7.35. The molecule has 2 amide bonds. The minimum Gasteiger partial charge on any atom is -0.489 e. The highest BCUT2D eigenvalue weighted by atomic mass is 16.5. The summed E-state index contributed by atoms with van der Waals surface area (Å²) >= 11 is 0. The molecule has 0 aromatic heterocycles. The molecule has 28 heavy (non-hydrogen) atoms. The van der Waals surface area contributed by atoms with Crippen LogP contribution >= 0.6 is 0 Å². The lowest BCUT2D eigenvalue weighted by Gasteiger charge is -2.24. The van der Waals surface area contributed by atoms with Crippen molar-refractivity contribution in [2.24, 2.45) is 0 Å². The molecule has 2 rings (SSSR count). The molecule has 0 saturated heterocycles. The first-order valence-electron chi connectivity index (χ1n) is 9.72. The van der Waals surface area contributed by atoms with E-state index in [2.05, 4.69) is 19.2 Å². The Morgan fingerprint density at radius 2 is 1.64 bits per heavy atom. The maximum atomic E-state index is 12.5. The highest BCUT2D eigenvalue weighted by Crippen LogP contribution is 2.29. The van der Waals surface area contributed by atoms with E-state index in [1.165, 1.54) is 6.92 Å². The first-order valence-corrected chi connectivity index (χ1v) is 9.72. The molecule has 1 N–H and O–H groups in total. The van der Waals surface area contributed by atoms with Crippen LogP contribution in [0.3, 0.4) is 0 Å². The van der Waals surface area contributed by atoms with Crippen LogP contribution < -0.4 is 15.0 Å². The van der Waals surface area contributed by atoms with Gasteiger partial charge in [-0.1, -0.05) is 44.2 Å². The number of anilines is 2. The van der Waals surface area contributed by atoms with Crippen molar-refractivity contribution >= 4 is 23.2 Å². The predicted octanol–water partition coefficient (Wildman–Crippen LogP) is 4.98. The lowest BCUT2D eigenvalue weighted by atomic mass is 10.0. The zero-order valence-electron chi connectivity index (χ0n) is 17.4. The Bertz CT molecular complexity index is 815. The molecular formula is C23H30N2O3. The zero-order valence-corrected chi connectivity index (χ0v) is 17.4. The topological polar surface area (TPSA) is 58.6 Å². The standard InChI is InChI=1S/C23H30N2O3/c1-16(2)19-10-6-7-11-20(19)24-23(27)14-15-25(18(5)26)21-12-8-9-13-22(21)28-17(3)4/h6-13,16-17H,14-15H2,1-5H3,(H,24,27). The summed E-state index contributed by atoms with van der Waals surface area (Å²) in [5, 5.41) is 2.98. The number of nitrogens with one attached hydrogen (secondary N) is 1. The summed E-state index contributed by atoms with van der Waals surface area (Å²) in [4.78, 5) is 26.4. The van der Waals surface area contributed by atoms with Gasteiger partial charge in [0.2, 0.25) is 11.8 Å². The normalized spacial score (nSPS) is 10.8. The van der Waals surface area contributed by atoms with Crippen molar-refractivity contribution in [1.29, 1.82) is 0 Å². The fourth-order valence-corrected chi connectivity index (χ4v) is 3.02. The van der Waals surface area contributed by atoms with Crippen LogP contribution in [0.25, 0.3) is 0 Å². The second kappa shape index (κ2) is 9.93. The highest BCUT2D eigenvalue weighted by molar-refractivity contribution is 5.96. The van der Waals surface area contributed by atoms with E-state index in [0.29, 0.717) is 17.4 Å². The first kappa shape index (κ1) is 21.5. The van der Waals surface area contributed by atoms with E-state index in [0.717, 1.165) is 11.3 Å². The molecule has 2 aromatic carbocycles. The van der Waals surface area contributed by atoms with Gasteiger partial charge in [0.15, 0.2) is 0 Å². The van der Waals surface area contributed by atoms with Gasteiger partial charge < -0.3 is 15.0 Å². The number of amides is 2. The van der Waals surface area contributed by atoms with Crippen LogP contribution in [0.2, 0.25) is 0 Å². The van der Waals surface area contributed by atoms with Crippen molar-refractivity contribution < 1.29 is 14.3 Å². The number of ether oxygens (including phenoxy) is 1. The van der Waals surface area contributed by atoms with E-state index >= 15 is 0 Å². The van der Waals surface area contributed by atoms with Crippen molar-refractivity contribution in [2.45, 2.75) is 53.1 Å². The Hall–Kier alpha value is -2.82. The van der Waals surface area contributed by atoms with Gasteiger partial charge in [0.05, 0.1) is 11.8 Å². The number of nitrogens with zero attached hydrogens (tertiary/aromatic N) is 1. The van der Waals surface area contributed by atoms with E-state index < -0.39 is 0 Å². The Balaban J connectivity index is 2.11. The van der Waals surface area contributed by atoms with Crippen LogP contribution in [0.15, 0.2) is 48.5 Å². The predicted molar refractivity (Wildman–Crippen MR) is 114 cm³/mol. The monoisotopic (exact) mass is 382 g/mol. The molecule has 5 heteroatoms. The van der Waals surface area contributed by atoms with Crippen LogP contribution in [-0.2, 0) is 9.59 Å². The van der Waals surface area contributed by atoms with Crippen molar-refractivity contribution in [3.63, 3.8) is 0 Å². The molecule has 0 aliphatic rings. The highest BCUT2D eigenvalue weighted by Gasteiger charge is 2.18. The molecule has 5 nitrogen and oxygen atoms in total. The van der Waals surface area contributed by atoms with Crippen LogP contribution in [0, 0.1) is 0 Å². The van der Waals surface area contributed by atoms with E-state index in [4.69, 9.17) is 4.74 Å². The van der Waals surface area contributed by atoms with Gasteiger partial charge in [0.1, 0.15) is 5.75 Å². The summed E-state index contributed by atoms with van der Waals surface area (Å²) in [5.74, 6) is 0.695. The van der Waals surface area contributed by atoms with Gasteiger partial charge >= 0.3 is 0 Å². The smallest absolute Gasteiger partial charge is 0.226 e. The molecule has 2 aromatic rings. The third-order valence-electron chi connectivity index (χ3n) is 4.32. The summed E-state index contributed by atoms with van der Waals surface area (Å²) in [6, 6.07) is 15.2. The Kier molecular flexibility index (Phi) is 7.61. The average Bonchev–Trinajstić information content (AvgIpc) is 2.62. The molecule has 0 atom stereocenters. The Labute approximate surface area is 167 Å². The van der Waals surface area contributed by atoms with Crippen molar-refractivity contribution in [2.75, 3.05) is 16.8 Å². The Morgan fingerprint density at radius 1 is 1.00 bits per heavy atom. The van der Waals surface area contributed by atoms with Crippen LogP contribution in [0.4, 0.5) is 11.4 Å². The SMILES string of the molecule is CC(=O)N(CCC(=O)Nc1ccccc1C(C)C)c1ccccc1OC(C)C. The molecule has 0 radical (unpaired) electrons. The molecule has 0 bridgehead atoms. The number of carbonyl (C=O) groups is 2. The molecule has 0 aliphatic carbocycles. The number of rotatable bonds is 8. The van der Waals surface area contributed by atoms with E-state index in [1.807, 2.05) is 62.4 Å². The van der Waals surface area contributed by atoms with Crippen LogP contribution in [0.1, 0.15) is 52.5 Å². The quantitative estimate of drug-likeness (QED) is 0.700. The van der Waals surface area contributed by atoms with Gasteiger partial charge in [-0.15, -0.1) is 0 Å². The number of hydrogen-bond acceptors (Lipinski definition) is 3. The lowest BCUT2D eigenvalue weighted by molar-refractivity contribution is -0.117. The molecule has 0 saturated carbocycles. The molecule has 0 spiro atoms. The summed E-state index contributed by atoms with van der Waals surface area (Å²) < 4.78 is 5.83. The largest absolute Gasteiger partial charge is 0.489 e. The molecule has 0 fully saturated rings. The second-order valence-electron chi connectivity index (χ2n) is 7.35. The number of carbonyl (C=O) groups excluding carboxylic acids is 2. The molecule has 0 aliphatic heterocycles. The summed E-state index contributed by atoms with van der Waals surface area (Å²) in [6.45, 7) is 9.84. The molecular weight excluding hydrogens is 352 g/mol. The first-order chi connectivity index (χ1) is 13.3. The summed E-state index contributed by atoms with van der Waals surface area (Å²) in [5.41, 5.74) is 2.59. The minimum atomic E-state index is -0.129. The third-order valence-corrected chi connectivity index (χ3v) is 4.32. The van der Waals surface area contributed by atoms with Gasteiger partial charge in [-0.2, -0.15) is 0 Å². The minimum absolute atomic E-state index is 0.00853. The van der Waals surface area contributed by atoms with E-state index in [9.17, 15) is 9.59 Å². The average molecular weight is 383 g/mol. The van der Waals surface area contributed by atoms with Gasteiger partial charge in [0.25, 0.3) is 0 Å². The van der Waals surface area contributed by atoms with Gasteiger partial charge in [-0.3, -0.25) is 9.59 Å². The van der Waals surface area contributed by atoms with Crippen LogP contribution in [0.5, 0.6) is 5.75 Å². The number of benzene rings is 2. The fourth-order valence-electron chi connectivity index (χ4n) is 3.02. The number of para-hydroxylation sites is 3. The van der Waals surface area contributed by atoms with Crippen LogP contribution in [-0.4, -0.2) is 24.5 Å². The summed E-state index contributed by atoms with van der Waals surface area (Å²) in [7, 11) is 0. The Morgan fingerprint density at radius 3 is 2.29 bits per heavy atom. The van der Waals surface area contributed by atoms with E-state index in [1.54, 1.807) is 4.90 Å². The zero-order chi connectivity index (χ0) is 20.7. The summed E-state index contributed by atoms with van der Waals surface area (Å²) in [6.07, 6.45) is 0.188. The molecule has 150 valence electrons. The molecule has 0 heterocycles. The molecule has 0 unspecified atom stereocenters.